The molecule has 1 atom stereocenters. The number of hydrogen-bond donors (Lipinski definition) is 1. The van der Waals surface area contributed by atoms with Crippen molar-refractivity contribution in [1.29, 1.82) is 0 Å². The number of rotatable bonds is 8. The number of carbonyl (C=O) groups is 1. The maximum absolute atomic E-state index is 12.4. The summed E-state index contributed by atoms with van der Waals surface area (Å²) in [6.45, 7) is 7.57. The Morgan fingerprint density at radius 2 is 1.83 bits per heavy atom. The number of amides is 1. The van der Waals surface area contributed by atoms with Crippen molar-refractivity contribution in [3.8, 4) is 5.75 Å². The predicted octanol–water partition coefficient (Wildman–Crippen LogP) is 2.80. The van der Waals surface area contributed by atoms with Crippen molar-refractivity contribution in [2.45, 2.75) is 51.0 Å². The van der Waals surface area contributed by atoms with Gasteiger partial charge >= 0.3 is 0 Å². The van der Waals surface area contributed by atoms with Gasteiger partial charge in [-0.3, -0.25) is 4.79 Å². The Bertz CT molecular complexity index is 620. The minimum absolute atomic E-state index is 0.200. The molecule has 0 aliphatic rings. The first-order valence-electron chi connectivity index (χ1n) is 7.80. The van der Waals surface area contributed by atoms with Crippen LogP contribution < -0.4 is 10.1 Å². The van der Waals surface area contributed by atoms with Gasteiger partial charge in [0.25, 0.3) is 0 Å². The molecule has 130 valence electrons. The van der Waals surface area contributed by atoms with E-state index in [1.54, 1.807) is 19.1 Å². The highest BCUT2D eigenvalue weighted by atomic mass is 32.2. The Balaban J connectivity index is 2.77. The van der Waals surface area contributed by atoms with Gasteiger partial charge in [-0.15, -0.1) is 0 Å². The second-order valence-electron chi connectivity index (χ2n) is 6.48. The average molecular weight is 341 g/mol. The maximum Gasteiger partial charge on any atom is 0.224 e. The molecule has 0 fully saturated rings. The molecule has 0 heterocycles. The van der Waals surface area contributed by atoms with Crippen LogP contribution in [0.3, 0.4) is 0 Å². The number of ether oxygens (including phenoxy) is 1. The van der Waals surface area contributed by atoms with Crippen molar-refractivity contribution in [1.82, 2.24) is 5.32 Å². The molecule has 0 spiro atoms. The third-order valence-corrected chi connectivity index (χ3v) is 5.60. The van der Waals surface area contributed by atoms with Crippen LogP contribution in [0.25, 0.3) is 0 Å². The van der Waals surface area contributed by atoms with Crippen LogP contribution in [0.1, 0.15) is 40.5 Å². The van der Waals surface area contributed by atoms with Gasteiger partial charge in [0.1, 0.15) is 5.75 Å². The van der Waals surface area contributed by atoms with Crippen molar-refractivity contribution in [2.75, 3.05) is 12.9 Å². The fourth-order valence-corrected chi connectivity index (χ4v) is 3.98. The van der Waals surface area contributed by atoms with E-state index in [-0.39, 0.29) is 22.1 Å². The zero-order valence-electron chi connectivity index (χ0n) is 14.5. The smallest absolute Gasteiger partial charge is 0.224 e. The summed E-state index contributed by atoms with van der Waals surface area (Å²) in [6, 6.07) is 6.20. The summed E-state index contributed by atoms with van der Waals surface area (Å²) in [5.74, 6) is -0.470. The molecular weight excluding hydrogens is 314 g/mol. The van der Waals surface area contributed by atoms with Crippen LogP contribution in [0, 0.1) is 5.92 Å². The van der Waals surface area contributed by atoms with Crippen LogP contribution in [0.15, 0.2) is 29.2 Å². The Morgan fingerprint density at radius 3 is 2.30 bits per heavy atom. The molecule has 0 bridgehead atoms. The Labute approximate surface area is 139 Å². The zero-order valence-corrected chi connectivity index (χ0v) is 15.4. The Kier molecular flexibility index (Phi) is 6.62. The molecule has 0 saturated carbocycles. The first kappa shape index (κ1) is 19.5. The summed E-state index contributed by atoms with van der Waals surface area (Å²) in [5, 5.41) is 2.93. The molecule has 0 aliphatic heterocycles. The van der Waals surface area contributed by atoms with Gasteiger partial charge in [0.15, 0.2) is 9.84 Å². The van der Waals surface area contributed by atoms with E-state index in [2.05, 4.69) is 5.32 Å². The molecule has 1 N–H and O–H groups in total. The lowest BCUT2D eigenvalue weighted by atomic mass is 9.98. The quantitative estimate of drug-likeness (QED) is 0.789. The van der Waals surface area contributed by atoms with Crippen LogP contribution >= 0.6 is 0 Å². The molecule has 0 aliphatic carbocycles. The fraction of sp³-hybridized carbons (Fsp3) is 0.588. The second-order valence-corrected chi connectivity index (χ2v) is 8.52. The minimum Gasteiger partial charge on any atom is -0.497 e. The van der Waals surface area contributed by atoms with Gasteiger partial charge in [-0.25, -0.2) is 8.42 Å². The normalized spacial score (nSPS) is 13.4. The molecule has 0 aromatic heterocycles. The summed E-state index contributed by atoms with van der Waals surface area (Å²) in [7, 11) is -1.99. The third kappa shape index (κ3) is 5.86. The molecule has 1 amide bonds. The van der Waals surface area contributed by atoms with Crippen LogP contribution in [0.2, 0.25) is 0 Å². The number of hydrogen-bond acceptors (Lipinski definition) is 4. The van der Waals surface area contributed by atoms with Crippen molar-refractivity contribution < 1.29 is 17.9 Å². The number of benzene rings is 1. The van der Waals surface area contributed by atoms with Crippen molar-refractivity contribution in [3.63, 3.8) is 0 Å². The summed E-state index contributed by atoms with van der Waals surface area (Å²) in [5.41, 5.74) is -0.329. The first-order valence-corrected chi connectivity index (χ1v) is 9.45. The molecule has 5 nitrogen and oxygen atoms in total. The monoisotopic (exact) mass is 341 g/mol. The molecule has 6 heteroatoms. The van der Waals surface area contributed by atoms with Gasteiger partial charge in [0, 0.05) is 11.5 Å². The summed E-state index contributed by atoms with van der Waals surface area (Å²) in [6.07, 6.45) is 1.79. The van der Waals surface area contributed by atoms with E-state index in [0.29, 0.717) is 5.75 Å². The van der Waals surface area contributed by atoms with Gasteiger partial charge in [0.2, 0.25) is 5.91 Å². The summed E-state index contributed by atoms with van der Waals surface area (Å²) >= 11 is 0. The number of methoxy groups -OCH3 is 1. The van der Waals surface area contributed by atoms with Gasteiger partial charge < -0.3 is 10.1 Å². The summed E-state index contributed by atoms with van der Waals surface area (Å²) in [4.78, 5) is 12.4. The van der Waals surface area contributed by atoms with E-state index in [9.17, 15) is 13.2 Å². The zero-order chi connectivity index (χ0) is 17.7. The molecule has 1 rings (SSSR count). The Hall–Kier alpha value is -1.56. The highest BCUT2D eigenvalue weighted by molar-refractivity contribution is 7.91. The number of sulfone groups is 1. The van der Waals surface area contributed by atoms with E-state index < -0.39 is 15.8 Å². The van der Waals surface area contributed by atoms with Crippen molar-refractivity contribution in [3.05, 3.63) is 24.3 Å². The molecular formula is C17H27NO4S. The lowest BCUT2D eigenvalue weighted by Gasteiger charge is -2.27. The van der Waals surface area contributed by atoms with Gasteiger partial charge in [0.05, 0.1) is 17.8 Å². The Morgan fingerprint density at radius 1 is 1.26 bits per heavy atom. The van der Waals surface area contributed by atoms with Gasteiger partial charge in [-0.2, -0.15) is 0 Å². The second kappa shape index (κ2) is 7.81. The van der Waals surface area contributed by atoms with Crippen LogP contribution in [0.4, 0.5) is 0 Å². The predicted molar refractivity (Wildman–Crippen MR) is 91.3 cm³/mol. The highest BCUT2D eigenvalue weighted by Crippen LogP contribution is 2.19. The minimum atomic E-state index is -3.51. The molecule has 1 aromatic rings. The molecule has 1 unspecified atom stereocenters. The molecule has 0 saturated heterocycles. The summed E-state index contributed by atoms with van der Waals surface area (Å²) < 4.78 is 29.9. The first-order chi connectivity index (χ1) is 10.6. The van der Waals surface area contributed by atoms with Crippen LogP contribution in [-0.2, 0) is 14.6 Å². The topological polar surface area (TPSA) is 72.5 Å². The third-order valence-electron chi connectivity index (χ3n) is 3.67. The number of carbonyl (C=O) groups excluding carboxylic acids is 1. The average Bonchev–Trinajstić information content (AvgIpc) is 2.46. The largest absolute Gasteiger partial charge is 0.497 e. The maximum atomic E-state index is 12.4. The van der Waals surface area contributed by atoms with E-state index in [0.717, 1.165) is 12.8 Å². The number of nitrogens with one attached hydrogen (secondary N) is 1. The molecule has 23 heavy (non-hydrogen) atoms. The van der Waals surface area contributed by atoms with E-state index in [4.69, 9.17) is 4.74 Å². The molecule has 1 aromatic carbocycles. The van der Waals surface area contributed by atoms with E-state index >= 15 is 0 Å². The van der Waals surface area contributed by atoms with Crippen LogP contribution in [-0.4, -0.2) is 32.7 Å². The fourth-order valence-electron chi connectivity index (χ4n) is 2.43. The van der Waals surface area contributed by atoms with Crippen molar-refractivity contribution in [2.24, 2.45) is 5.92 Å². The van der Waals surface area contributed by atoms with Gasteiger partial charge in [-0.1, -0.05) is 20.3 Å². The van der Waals surface area contributed by atoms with Gasteiger partial charge in [-0.05, 0) is 44.5 Å². The van der Waals surface area contributed by atoms with Crippen molar-refractivity contribution >= 4 is 15.7 Å². The lowest BCUT2D eigenvalue weighted by molar-refractivity contribution is -0.125. The SMILES string of the molecule is CCCC(C)(C)NC(=O)C(C)CS(=O)(=O)c1ccc(OC)cc1. The van der Waals surface area contributed by atoms with Crippen LogP contribution in [0.5, 0.6) is 5.75 Å². The van der Waals surface area contributed by atoms with E-state index in [1.807, 2.05) is 20.8 Å². The standard InChI is InChI=1S/C17H27NO4S/c1-6-11-17(3,4)18-16(19)13(2)12-23(20,21)15-9-7-14(22-5)8-10-15/h7-10,13H,6,11-12H2,1-5H3,(H,18,19). The highest BCUT2D eigenvalue weighted by Gasteiger charge is 2.27. The lowest BCUT2D eigenvalue weighted by Crippen LogP contribution is -2.46. The van der Waals surface area contributed by atoms with E-state index in [1.165, 1.54) is 19.2 Å². The molecule has 0 radical (unpaired) electrons.